The molecule has 0 atom stereocenters. The molecule has 0 radical (unpaired) electrons. The summed E-state index contributed by atoms with van der Waals surface area (Å²) >= 11 is 0. The SMILES string of the molecule is CN(CCO)CCc1ccc(S(N)(=O)=O)cc1. The Morgan fingerprint density at radius 2 is 1.82 bits per heavy atom. The lowest BCUT2D eigenvalue weighted by Crippen LogP contribution is -2.24. The molecule has 0 aliphatic rings. The molecule has 0 aliphatic carbocycles. The molecule has 0 amide bonds. The topological polar surface area (TPSA) is 83.6 Å². The predicted molar refractivity (Wildman–Crippen MR) is 66.1 cm³/mol. The number of likely N-dealkylation sites (N-methyl/N-ethyl adjacent to an activating group) is 1. The molecule has 0 spiro atoms. The van der Waals surface area contributed by atoms with Crippen molar-refractivity contribution in [3.63, 3.8) is 0 Å². The quantitative estimate of drug-likeness (QED) is 0.740. The maximum Gasteiger partial charge on any atom is 0.238 e. The molecule has 0 aliphatic heterocycles. The van der Waals surface area contributed by atoms with E-state index in [9.17, 15) is 8.42 Å². The summed E-state index contributed by atoms with van der Waals surface area (Å²) in [6.07, 6.45) is 0.807. The minimum absolute atomic E-state index is 0.130. The summed E-state index contributed by atoms with van der Waals surface area (Å²) in [6.45, 7) is 1.59. The molecular weight excluding hydrogens is 240 g/mol. The fraction of sp³-hybridized carbons (Fsp3) is 0.455. The third kappa shape index (κ3) is 4.82. The Morgan fingerprint density at radius 1 is 1.24 bits per heavy atom. The maximum absolute atomic E-state index is 11.0. The van der Waals surface area contributed by atoms with E-state index in [1.165, 1.54) is 12.1 Å². The lowest BCUT2D eigenvalue weighted by molar-refractivity contribution is 0.223. The molecule has 0 heterocycles. The number of aliphatic hydroxyl groups excluding tert-OH is 1. The molecule has 0 fully saturated rings. The first-order chi connectivity index (χ1) is 7.93. The average molecular weight is 258 g/mol. The summed E-state index contributed by atoms with van der Waals surface area (Å²) in [7, 11) is -1.68. The van der Waals surface area contributed by atoms with Gasteiger partial charge in [-0.1, -0.05) is 12.1 Å². The van der Waals surface area contributed by atoms with Gasteiger partial charge in [-0.2, -0.15) is 0 Å². The van der Waals surface area contributed by atoms with E-state index in [2.05, 4.69) is 0 Å². The van der Waals surface area contributed by atoms with Crippen LogP contribution in [0.2, 0.25) is 0 Å². The highest BCUT2D eigenvalue weighted by atomic mass is 32.2. The molecule has 0 saturated carbocycles. The molecule has 1 aromatic rings. The first kappa shape index (κ1) is 14.1. The minimum Gasteiger partial charge on any atom is -0.395 e. The van der Waals surface area contributed by atoms with E-state index in [0.717, 1.165) is 18.5 Å². The van der Waals surface area contributed by atoms with E-state index in [1.54, 1.807) is 12.1 Å². The first-order valence-electron chi connectivity index (χ1n) is 5.34. The second-order valence-electron chi connectivity index (χ2n) is 3.97. The number of nitrogens with zero attached hydrogens (tertiary/aromatic N) is 1. The van der Waals surface area contributed by atoms with Gasteiger partial charge in [-0.3, -0.25) is 0 Å². The lowest BCUT2D eigenvalue weighted by atomic mass is 10.1. The van der Waals surface area contributed by atoms with Crippen molar-refractivity contribution in [1.29, 1.82) is 0 Å². The molecule has 1 aromatic carbocycles. The van der Waals surface area contributed by atoms with Gasteiger partial charge < -0.3 is 10.0 Å². The fourth-order valence-corrected chi connectivity index (χ4v) is 1.96. The van der Waals surface area contributed by atoms with E-state index in [1.807, 2.05) is 11.9 Å². The molecule has 96 valence electrons. The molecular formula is C11H18N2O3S. The van der Waals surface area contributed by atoms with Crippen LogP contribution in [0.5, 0.6) is 0 Å². The van der Waals surface area contributed by atoms with Crippen LogP contribution in [0, 0.1) is 0 Å². The Balaban J connectivity index is 2.57. The molecule has 1 rings (SSSR count). The Hall–Kier alpha value is -0.950. The average Bonchev–Trinajstić information content (AvgIpc) is 2.26. The zero-order valence-electron chi connectivity index (χ0n) is 9.83. The zero-order chi connectivity index (χ0) is 12.9. The summed E-state index contributed by atoms with van der Waals surface area (Å²) in [5.41, 5.74) is 1.04. The summed E-state index contributed by atoms with van der Waals surface area (Å²) < 4.78 is 22.1. The van der Waals surface area contributed by atoms with E-state index >= 15 is 0 Å². The van der Waals surface area contributed by atoms with Crippen LogP contribution in [0.25, 0.3) is 0 Å². The number of nitrogens with two attached hydrogens (primary N) is 1. The van der Waals surface area contributed by atoms with Gasteiger partial charge in [0.25, 0.3) is 0 Å². The smallest absolute Gasteiger partial charge is 0.238 e. The van der Waals surface area contributed by atoms with E-state index < -0.39 is 10.0 Å². The predicted octanol–water partition coefficient (Wildman–Crippen LogP) is -0.199. The van der Waals surface area contributed by atoms with Crippen molar-refractivity contribution in [2.75, 3.05) is 26.7 Å². The number of sulfonamides is 1. The van der Waals surface area contributed by atoms with Gasteiger partial charge in [-0.25, -0.2) is 13.6 Å². The van der Waals surface area contributed by atoms with Crippen LogP contribution < -0.4 is 5.14 Å². The van der Waals surface area contributed by atoms with Gasteiger partial charge in [0.2, 0.25) is 10.0 Å². The summed E-state index contributed by atoms with van der Waals surface area (Å²) in [5.74, 6) is 0. The number of primary sulfonamides is 1. The monoisotopic (exact) mass is 258 g/mol. The first-order valence-corrected chi connectivity index (χ1v) is 6.89. The Morgan fingerprint density at radius 3 is 2.29 bits per heavy atom. The Kier molecular flexibility index (Phi) is 5.07. The standard InChI is InChI=1S/C11H18N2O3S/c1-13(8-9-14)7-6-10-2-4-11(5-3-10)17(12,15)16/h2-5,14H,6-9H2,1H3,(H2,12,15,16). The zero-order valence-corrected chi connectivity index (χ0v) is 10.7. The van der Waals surface area contributed by atoms with E-state index in [-0.39, 0.29) is 11.5 Å². The summed E-state index contributed by atoms with van der Waals surface area (Å²) in [6, 6.07) is 6.53. The van der Waals surface area contributed by atoms with Crippen LogP contribution in [0.15, 0.2) is 29.2 Å². The van der Waals surface area contributed by atoms with E-state index in [0.29, 0.717) is 6.54 Å². The van der Waals surface area contributed by atoms with Crippen molar-refractivity contribution < 1.29 is 13.5 Å². The summed E-state index contributed by atoms with van der Waals surface area (Å²) in [4.78, 5) is 2.14. The van der Waals surface area contributed by atoms with Crippen LogP contribution in [-0.2, 0) is 16.4 Å². The third-order valence-corrected chi connectivity index (χ3v) is 3.45. The number of aliphatic hydroxyl groups is 1. The number of benzene rings is 1. The van der Waals surface area contributed by atoms with Gasteiger partial charge >= 0.3 is 0 Å². The van der Waals surface area contributed by atoms with Crippen molar-refractivity contribution in [2.24, 2.45) is 5.14 Å². The van der Waals surface area contributed by atoms with Crippen LogP contribution in [-0.4, -0.2) is 45.2 Å². The molecule has 0 bridgehead atoms. The third-order valence-electron chi connectivity index (χ3n) is 2.52. The number of hydrogen-bond acceptors (Lipinski definition) is 4. The number of hydrogen-bond donors (Lipinski definition) is 2. The highest BCUT2D eigenvalue weighted by molar-refractivity contribution is 7.89. The van der Waals surface area contributed by atoms with Gasteiger partial charge in [0.1, 0.15) is 0 Å². The maximum atomic E-state index is 11.0. The molecule has 0 saturated heterocycles. The van der Waals surface area contributed by atoms with Gasteiger partial charge in [0, 0.05) is 13.1 Å². The van der Waals surface area contributed by atoms with Crippen LogP contribution in [0.3, 0.4) is 0 Å². The molecule has 0 aromatic heterocycles. The van der Waals surface area contributed by atoms with Crippen LogP contribution in [0.4, 0.5) is 0 Å². The normalized spacial score (nSPS) is 12.0. The van der Waals surface area contributed by atoms with Crippen molar-refractivity contribution in [2.45, 2.75) is 11.3 Å². The van der Waals surface area contributed by atoms with Crippen molar-refractivity contribution in [3.05, 3.63) is 29.8 Å². The van der Waals surface area contributed by atoms with Crippen LogP contribution in [0.1, 0.15) is 5.56 Å². The molecule has 0 unspecified atom stereocenters. The molecule has 5 nitrogen and oxygen atoms in total. The minimum atomic E-state index is -3.60. The van der Waals surface area contributed by atoms with Crippen molar-refractivity contribution in [1.82, 2.24) is 4.90 Å². The van der Waals surface area contributed by atoms with Gasteiger partial charge in [0.15, 0.2) is 0 Å². The highest BCUT2D eigenvalue weighted by Gasteiger charge is 2.06. The largest absolute Gasteiger partial charge is 0.395 e. The van der Waals surface area contributed by atoms with Crippen molar-refractivity contribution >= 4 is 10.0 Å². The Bertz CT molecular complexity index is 442. The second kappa shape index (κ2) is 6.11. The molecule has 6 heteroatoms. The van der Waals surface area contributed by atoms with E-state index in [4.69, 9.17) is 10.2 Å². The molecule has 3 N–H and O–H groups in total. The Labute approximate surface area is 102 Å². The highest BCUT2D eigenvalue weighted by Crippen LogP contribution is 2.09. The summed E-state index contributed by atoms with van der Waals surface area (Å²) in [5, 5.41) is 13.7. The van der Waals surface area contributed by atoms with Gasteiger partial charge in [-0.05, 0) is 31.2 Å². The van der Waals surface area contributed by atoms with Gasteiger partial charge in [-0.15, -0.1) is 0 Å². The molecule has 17 heavy (non-hydrogen) atoms. The lowest BCUT2D eigenvalue weighted by Gasteiger charge is -2.14. The van der Waals surface area contributed by atoms with Crippen molar-refractivity contribution in [3.8, 4) is 0 Å². The second-order valence-corrected chi connectivity index (χ2v) is 5.53. The fourth-order valence-electron chi connectivity index (χ4n) is 1.45. The van der Waals surface area contributed by atoms with Crippen LogP contribution >= 0.6 is 0 Å². The number of rotatable bonds is 6. The van der Waals surface area contributed by atoms with Gasteiger partial charge in [0.05, 0.1) is 11.5 Å².